The van der Waals surface area contributed by atoms with Gasteiger partial charge in [-0.15, -0.1) is 0 Å². The zero-order chi connectivity index (χ0) is 20.8. The molecule has 2 amide bonds. The predicted molar refractivity (Wildman–Crippen MR) is 114 cm³/mol. The number of benzene rings is 1. The minimum atomic E-state index is -0.187. The van der Waals surface area contributed by atoms with Crippen LogP contribution in [0.4, 0.5) is 23.0 Å². The van der Waals surface area contributed by atoms with E-state index in [-0.39, 0.29) is 17.7 Å². The van der Waals surface area contributed by atoms with Gasteiger partial charge in [-0.2, -0.15) is 0 Å². The third-order valence-electron chi connectivity index (χ3n) is 4.97. The number of nitrogens with one attached hydrogen (secondary N) is 3. The van der Waals surface area contributed by atoms with Gasteiger partial charge in [-0.1, -0.05) is 0 Å². The van der Waals surface area contributed by atoms with Gasteiger partial charge in [0.15, 0.2) is 0 Å². The summed E-state index contributed by atoms with van der Waals surface area (Å²) >= 11 is 0. The zero-order valence-electron chi connectivity index (χ0n) is 17.2. The number of carbonyl (C=O) groups is 2. The Morgan fingerprint density at radius 3 is 2.48 bits per heavy atom. The fraction of sp³-hybridized carbons (Fsp3) is 0.429. The first-order valence-corrected chi connectivity index (χ1v) is 10.0. The second-order valence-electron chi connectivity index (χ2n) is 7.06. The van der Waals surface area contributed by atoms with E-state index >= 15 is 0 Å². The van der Waals surface area contributed by atoms with Crippen molar-refractivity contribution in [2.24, 2.45) is 5.92 Å². The number of hydrogen-bond donors (Lipinski definition) is 3. The molecule has 0 aliphatic carbocycles. The molecule has 3 N–H and O–H groups in total. The van der Waals surface area contributed by atoms with Crippen molar-refractivity contribution < 1.29 is 9.59 Å². The molecular weight excluding hydrogens is 368 g/mol. The number of nitrogens with zero attached hydrogens (tertiary/aromatic N) is 3. The molecule has 1 saturated heterocycles. The van der Waals surface area contributed by atoms with Gasteiger partial charge in [-0.3, -0.25) is 9.59 Å². The van der Waals surface area contributed by atoms with Crippen molar-refractivity contribution in [2.75, 3.05) is 35.2 Å². The molecule has 1 fully saturated rings. The fourth-order valence-electron chi connectivity index (χ4n) is 3.31. The van der Waals surface area contributed by atoms with E-state index in [1.807, 2.05) is 37.3 Å². The number of carbonyl (C=O) groups excluding carboxylic acids is 2. The van der Waals surface area contributed by atoms with Crippen molar-refractivity contribution >= 4 is 34.8 Å². The first-order valence-electron chi connectivity index (χ1n) is 10.0. The van der Waals surface area contributed by atoms with Gasteiger partial charge in [-0.25, -0.2) is 9.97 Å². The molecule has 1 unspecified atom stereocenters. The van der Waals surface area contributed by atoms with E-state index in [1.165, 1.54) is 0 Å². The van der Waals surface area contributed by atoms with Gasteiger partial charge in [0.1, 0.15) is 17.5 Å². The Morgan fingerprint density at radius 1 is 1.17 bits per heavy atom. The highest BCUT2D eigenvalue weighted by atomic mass is 16.2. The molecule has 3 rings (SSSR count). The Hall–Kier alpha value is -3.16. The Balaban J connectivity index is 1.63. The molecule has 2 aromatic rings. The molecule has 1 aromatic heterocycles. The van der Waals surface area contributed by atoms with Crippen LogP contribution in [0.25, 0.3) is 0 Å². The molecule has 1 atom stereocenters. The van der Waals surface area contributed by atoms with Crippen molar-refractivity contribution in [2.45, 2.75) is 33.6 Å². The summed E-state index contributed by atoms with van der Waals surface area (Å²) in [7, 11) is 0. The summed E-state index contributed by atoms with van der Waals surface area (Å²) in [4.78, 5) is 34.7. The van der Waals surface area contributed by atoms with E-state index in [1.54, 1.807) is 0 Å². The zero-order valence-corrected chi connectivity index (χ0v) is 17.2. The highest BCUT2D eigenvalue weighted by molar-refractivity contribution is 5.94. The summed E-state index contributed by atoms with van der Waals surface area (Å²) < 4.78 is 0. The molecule has 29 heavy (non-hydrogen) atoms. The van der Waals surface area contributed by atoms with E-state index in [2.05, 4.69) is 44.7 Å². The summed E-state index contributed by atoms with van der Waals surface area (Å²) in [6, 6.07) is 9.43. The topological polar surface area (TPSA) is 99.2 Å². The molecule has 1 aromatic carbocycles. The van der Waals surface area contributed by atoms with Crippen LogP contribution in [0.2, 0.25) is 0 Å². The maximum absolute atomic E-state index is 12.3. The van der Waals surface area contributed by atoms with Crippen LogP contribution in [-0.2, 0) is 9.59 Å². The lowest BCUT2D eigenvalue weighted by Gasteiger charge is -2.21. The Labute approximate surface area is 171 Å². The summed E-state index contributed by atoms with van der Waals surface area (Å²) in [5.74, 6) is 2.09. The molecule has 1 aliphatic rings. The first kappa shape index (κ1) is 20.6. The number of aromatic nitrogens is 2. The van der Waals surface area contributed by atoms with E-state index in [0.29, 0.717) is 25.2 Å². The number of anilines is 4. The van der Waals surface area contributed by atoms with Crippen LogP contribution in [0.1, 0.15) is 32.5 Å². The van der Waals surface area contributed by atoms with E-state index in [4.69, 9.17) is 0 Å². The lowest BCUT2D eigenvalue weighted by molar-refractivity contribution is -0.126. The van der Waals surface area contributed by atoms with Crippen molar-refractivity contribution in [3.05, 3.63) is 36.2 Å². The van der Waals surface area contributed by atoms with Crippen LogP contribution in [0.15, 0.2) is 30.3 Å². The third-order valence-corrected chi connectivity index (χ3v) is 4.97. The molecule has 1 aliphatic heterocycles. The van der Waals surface area contributed by atoms with Crippen LogP contribution < -0.4 is 20.9 Å². The van der Waals surface area contributed by atoms with Crippen LogP contribution in [0, 0.1) is 12.8 Å². The van der Waals surface area contributed by atoms with Crippen molar-refractivity contribution in [3.8, 4) is 0 Å². The number of hydrogen-bond acceptors (Lipinski definition) is 6. The van der Waals surface area contributed by atoms with E-state index in [9.17, 15) is 9.59 Å². The van der Waals surface area contributed by atoms with E-state index < -0.39 is 0 Å². The normalized spacial score (nSPS) is 16.1. The maximum atomic E-state index is 12.3. The monoisotopic (exact) mass is 396 g/mol. The highest BCUT2D eigenvalue weighted by Crippen LogP contribution is 2.22. The number of rotatable bonds is 7. The molecule has 154 valence electrons. The summed E-state index contributed by atoms with van der Waals surface area (Å²) in [5.41, 5.74) is 1.59. The maximum Gasteiger partial charge on any atom is 0.229 e. The molecule has 0 saturated carbocycles. The molecule has 0 spiro atoms. The quantitative estimate of drug-likeness (QED) is 0.666. The van der Waals surface area contributed by atoms with Gasteiger partial charge in [0.05, 0.1) is 5.92 Å². The molecule has 0 radical (unpaired) electrons. The van der Waals surface area contributed by atoms with Crippen LogP contribution in [-0.4, -0.2) is 41.4 Å². The average molecular weight is 396 g/mol. The van der Waals surface area contributed by atoms with Gasteiger partial charge in [0.25, 0.3) is 0 Å². The first-order chi connectivity index (χ1) is 14.0. The number of piperidine rings is 1. The fourth-order valence-corrected chi connectivity index (χ4v) is 3.31. The molecule has 8 heteroatoms. The van der Waals surface area contributed by atoms with Crippen LogP contribution >= 0.6 is 0 Å². The van der Waals surface area contributed by atoms with Crippen molar-refractivity contribution in [1.82, 2.24) is 15.3 Å². The smallest absolute Gasteiger partial charge is 0.229 e. The van der Waals surface area contributed by atoms with Gasteiger partial charge >= 0.3 is 0 Å². The average Bonchev–Trinajstić information content (AvgIpc) is 2.70. The van der Waals surface area contributed by atoms with E-state index in [0.717, 1.165) is 36.1 Å². The molecule has 0 bridgehead atoms. The second kappa shape index (κ2) is 9.36. The largest absolute Gasteiger partial charge is 0.357 e. The van der Waals surface area contributed by atoms with Crippen LogP contribution in [0.3, 0.4) is 0 Å². The van der Waals surface area contributed by atoms with Gasteiger partial charge in [0, 0.05) is 43.5 Å². The molecule has 8 nitrogen and oxygen atoms in total. The Bertz CT molecular complexity index is 854. The van der Waals surface area contributed by atoms with Gasteiger partial charge in [0.2, 0.25) is 11.8 Å². The predicted octanol–water partition coefficient (Wildman–Crippen LogP) is 2.84. The molecular formula is C21H28N6O2. The van der Waals surface area contributed by atoms with Crippen molar-refractivity contribution in [1.29, 1.82) is 0 Å². The lowest BCUT2D eigenvalue weighted by Crippen LogP contribution is -2.40. The second-order valence-corrected chi connectivity index (χ2v) is 7.06. The standard InChI is InChI=1S/C21H28N6O2/c1-4-27(5-2)19-12-18(23-14(3)24-19)25-16-7-9-17(10-8-16)26-21(29)15-6-11-20(28)22-13-15/h7-10,12,15H,4-6,11,13H2,1-3H3,(H,22,28)(H,26,29)(H,23,24,25). The van der Waals surface area contributed by atoms with Crippen molar-refractivity contribution in [3.63, 3.8) is 0 Å². The lowest BCUT2D eigenvalue weighted by atomic mass is 9.98. The van der Waals surface area contributed by atoms with Crippen LogP contribution in [0.5, 0.6) is 0 Å². The highest BCUT2D eigenvalue weighted by Gasteiger charge is 2.24. The summed E-state index contributed by atoms with van der Waals surface area (Å²) in [5, 5.41) is 8.95. The minimum absolute atomic E-state index is 0.00795. The SMILES string of the molecule is CCN(CC)c1cc(Nc2ccc(NC(=O)C3CCC(=O)NC3)cc2)nc(C)n1. The minimum Gasteiger partial charge on any atom is -0.357 e. The number of aryl methyl sites for hydroxylation is 1. The van der Waals surface area contributed by atoms with Gasteiger partial charge in [-0.05, 0) is 51.5 Å². The third kappa shape index (κ3) is 5.43. The Morgan fingerprint density at radius 2 is 1.86 bits per heavy atom. The summed E-state index contributed by atoms with van der Waals surface area (Å²) in [6.07, 6.45) is 0.980. The molecule has 2 heterocycles. The summed E-state index contributed by atoms with van der Waals surface area (Å²) in [6.45, 7) is 8.23. The Kier molecular flexibility index (Phi) is 6.64. The van der Waals surface area contributed by atoms with Gasteiger partial charge < -0.3 is 20.9 Å². The number of amides is 2.